The molecule has 1 N–H and O–H groups in total. The van der Waals surface area contributed by atoms with Crippen LogP contribution >= 0.6 is 0 Å². The standard InChI is InChI=1S/C3H4N4O4S/c8-2-1-4-6-7(2)3(9)5-12(10)11/h12H,1H2,(H,5,9,10,11). The monoisotopic (exact) mass is 192 g/mol. The molecule has 0 spiro atoms. The summed E-state index contributed by atoms with van der Waals surface area (Å²) in [4.78, 5) is 21.4. The van der Waals surface area contributed by atoms with Crippen molar-refractivity contribution < 1.29 is 18.0 Å². The van der Waals surface area contributed by atoms with Crippen molar-refractivity contribution in [2.45, 2.75) is 0 Å². The Kier molecular flexibility index (Phi) is 2.33. The third-order valence-electron chi connectivity index (χ3n) is 0.974. The fourth-order valence-corrected chi connectivity index (χ4v) is 0.802. The number of hydrogen-bond donors (Lipinski definition) is 2. The first-order chi connectivity index (χ1) is 5.61. The topological polar surface area (TPSA) is 108 Å². The maximum atomic E-state index is 10.7. The molecule has 1 rings (SSSR count). The Hall–Kier alpha value is -1.51. The number of hydrogen-bond acceptors (Lipinski definition) is 6. The van der Waals surface area contributed by atoms with Gasteiger partial charge in [-0.1, -0.05) is 5.22 Å². The predicted molar refractivity (Wildman–Crippen MR) is 35.4 cm³/mol. The minimum absolute atomic E-state index is 0.233. The summed E-state index contributed by atoms with van der Waals surface area (Å²) in [6, 6.07) is -1.11. The Balaban J connectivity index is 2.64. The summed E-state index contributed by atoms with van der Waals surface area (Å²) < 4.78 is 21.4. The molecule has 0 aromatic carbocycles. The van der Waals surface area contributed by atoms with Crippen LogP contribution in [0.15, 0.2) is 10.3 Å². The molecule has 0 bridgehead atoms. The number of rotatable bonds is 1. The predicted octanol–water partition coefficient (Wildman–Crippen LogP) is -1.57. The van der Waals surface area contributed by atoms with Gasteiger partial charge in [-0.05, 0) is 0 Å². The third kappa shape index (κ3) is 1.75. The van der Waals surface area contributed by atoms with Gasteiger partial charge in [-0.3, -0.25) is 4.79 Å². The highest BCUT2D eigenvalue weighted by Crippen LogP contribution is 2.01. The Morgan fingerprint density at radius 2 is 2.25 bits per heavy atom. The van der Waals surface area contributed by atoms with Crippen LogP contribution in [0.1, 0.15) is 0 Å². The largest absolute Gasteiger partial charge is 0.360 e. The Bertz CT molecular complexity index is 312. The van der Waals surface area contributed by atoms with Crippen molar-refractivity contribution in [3.63, 3.8) is 0 Å². The normalized spacial score (nSPS) is 15.8. The summed E-state index contributed by atoms with van der Waals surface area (Å²) in [5.74, 6) is -0.663. The van der Waals surface area contributed by atoms with E-state index in [4.69, 9.17) is 0 Å². The van der Waals surface area contributed by atoms with Gasteiger partial charge in [0.25, 0.3) is 5.91 Å². The maximum absolute atomic E-state index is 10.7. The molecule has 1 aliphatic heterocycles. The lowest BCUT2D eigenvalue weighted by molar-refractivity contribution is -0.124. The van der Waals surface area contributed by atoms with E-state index in [-0.39, 0.29) is 6.54 Å². The summed E-state index contributed by atoms with van der Waals surface area (Å²) in [6.07, 6.45) is 0. The van der Waals surface area contributed by atoms with Crippen molar-refractivity contribution in [2.75, 3.05) is 6.54 Å². The highest BCUT2D eigenvalue weighted by atomic mass is 32.2. The van der Waals surface area contributed by atoms with Crippen molar-refractivity contribution in [3.8, 4) is 0 Å². The molecule has 0 unspecified atom stereocenters. The number of nitrogens with zero attached hydrogens (tertiary/aromatic N) is 3. The van der Waals surface area contributed by atoms with Gasteiger partial charge in [0, 0.05) is 0 Å². The molecule has 0 saturated carbocycles. The Morgan fingerprint density at radius 1 is 1.58 bits per heavy atom. The van der Waals surface area contributed by atoms with Gasteiger partial charge in [0.15, 0.2) is 0 Å². The molecule has 0 aromatic heterocycles. The average molecular weight is 192 g/mol. The van der Waals surface area contributed by atoms with Crippen LogP contribution in [0.4, 0.5) is 4.79 Å². The third-order valence-corrected chi connectivity index (χ3v) is 1.35. The fraction of sp³-hybridized carbons (Fsp3) is 0.333. The van der Waals surface area contributed by atoms with Crippen LogP contribution < -0.4 is 4.72 Å². The van der Waals surface area contributed by atoms with Gasteiger partial charge in [0.1, 0.15) is 6.54 Å². The van der Waals surface area contributed by atoms with Crippen molar-refractivity contribution >= 4 is 22.8 Å². The summed E-state index contributed by atoms with van der Waals surface area (Å²) in [6.45, 7) is -0.233. The van der Waals surface area contributed by atoms with Crippen molar-refractivity contribution in [1.82, 2.24) is 9.73 Å². The van der Waals surface area contributed by atoms with Crippen molar-refractivity contribution in [3.05, 3.63) is 0 Å². The lowest BCUT2D eigenvalue weighted by atomic mass is 10.6. The number of amides is 3. The number of nitrogens with one attached hydrogen (secondary N) is 1. The van der Waals surface area contributed by atoms with E-state index < -0.39 is 22.8 Å². The van der Waals surface area contributed by atoms with Crippen LogP contribution in [0, 0.1) is 0 Å². The first kappa shape index (κ1) is 8.59. The summed E-state index contributed by atoms with van der Waals surface area (Å²) >= 11 is 0. The number of carbonyl (C=O) groups is 2. The Morgan fingerprint density at radius 3 is 2.67 bits per heavy atom. The molecule has 1 heterocycles. The fourth-order valence-electron chi connectivity index (χ4n) is 0.552. The van der Waals surface area contributed by atoms with Crippen LogP contribution in [0.2, 0.25) is 0 Å². The number of urea groups is 1. The molecule has 3 amide bonds. The second kappa shape index (κ2) is 3.26. The van der Waals surface area contributed by atoms with Gasteiger partial charge in [-0.15, -0.1) is 5.01 Å². The molecular weight excluding hydrogens is 188 g/mol. The maximum Gasteiger partial charge on any atom is 0.360 e. The first-order valence-electron chi connectivity index (χ1n) is 2.76. The molecule has 8 nitrogen and oxygen atoms in total. The van der Waals surface area contributed by atoms with Gasteiger partial charge < -0.3 is 0 Å². The second-order valence-electron chi connectivity index (χ2n) is 1.77. The second-order valence-corrected chi connectivity index (χ2v) is 2.51. The minimum atomic E-state index is -3.07. The molecular formula is C3H4N4O4S. The summed E-state index contributed by atoms with van der Waals surface area (Å²) in [7, 11) is -3.07. The molecule has 12 heavy (non-hydrogen) atoms. The molecule has 0 atom stereocenters. The molecule has 0 radical (unpaired) electrons. The van der Waals surface area contributed by atoms with Crippen LogP contribution in [-0.2, 0) is 15.7 Å². The Labute approximate surface area is 68.3 Å². The molecule has 0 fully saturated rings. The smallest absolute Gasteiger partial charge is 0.270 e. The van der Waals surface area contributed by atoms with Gasteiger partial charge in [-0.2, -0.15) is 5.11 Å². The van der Waals surface area contributed by atoms with Gasteiger partial charge in [0.2, 0.25) is 10.9 Å². The molecule has 1 aliphatic rings. The first-order valence-corrected chi connectivity index (χ1v) is 3.94. The van der Waals surface area contributed by atoms with Crippen molar-refractivity contribution in [1.29, 1.82) is 0 Å². The van der Waals surface area contributed by atoms with E-state index in [1.165, 1.54) is 4.72 Å². The summed E-state index contributed by atoms with van der Waals surface area (Å²) in [5.41, 5.74) is 0. The average Bonchev–Trinajstić information content (AvgIpc) is 2.33. The SMILES string of the molecule is O=C1CN=NN1C(=O)N[SH](=O)=O. The van der Waals surface area contributed by atoms with Crippen LogP contribution in [0.25, 0.3) is 0 Å². The molecule has 9 heteroatoms. The van der Waals surface area contributed by atoms with Crippen LogP contribution in [0.5, 0.6) is 0 Å². The van der Waals surface area contributed by atoms with E-state index in [1.54, 1.807) is 0 Å². The van der Waals surface area contributed by atoms with E-state index in [1.807, 2.05) is 0 Å². The highest BCUT2D eigenvalue weighted by Gasteiger charge is 2.25. The van der Waals surface area contributed by atoms with Gasteiger partial charge in [-0.25, -0.2) is 17.9 Å². The van der Waals surface area contributed by atoms with E-state index in [0.717, 1.165) is 0 Å². The highest BCUT2D eigenvalue weighted by molar-refractivity contribution is 7.70. The van der Waals surface area contributed by atoms with E-state index in [9.17, 15) is 18.0 Å². The number of carbonyl (C=O) groups excluding carboxylic acids is 2. The van der Waals surface area contributed by atoms with Gasteiger partial charge in [0.05, 0.1) is 0 Å². The zero-order valence-corrected chi connectivity index (χ0v) is 6.52. The summed E-state index contributed by atoms with van der Waals surface area (Å²) in [5, 5.41) is 6.67. The zero-order valence-electron chi connectivity index (χ0n) is 5.63. The lowest BCUT2D eigenvalue weighted by Crippen LogP contribution is -2.38. The molecule has 0 saturated heterocycles. The lowest BCUT2D eigenvalue weighted by Gasteiger charge is -2.04. The van der Waals surface area contributed by atoms with Crippen LogP contribution in [-0.4, -0.2) is 31.9 Å². The van der Waals surface area contributed by atoms with Crippen LogP contribution in [0.3, 0.4) is 0 Å². The molecule has 66 valence electrons. The van der Waals surface area contributed by atoms with Crippen molar-refractivity contribution in [2.24, 2.45) is 10.3 Å². The van der Waals surface area contributed by atoms with E-state index >= 15 is 0 Å². The zero-order chi connectivity index (χ0) is 9.14. The molecule has 0 aromatic rings. The van der Waals surface area contributed by atoms with Gasteiger partial charge >= 0.3 is 6.03 Å². The van der Waals surface area contributed by atoms with E-state index in [2.05, 4.69) is 10.3 Å². The quantitative estimate of drug-likeness (QED) is 0.489. The van der Waals surface area contributed by atoms with E-state index in [0.29, 0.717) is 5.01 Å². The minimum Gasteiger partial charge on any atom is -0.270 e. The number of imide groups is 1. The molecule has 0 aliphatic carbocycles. The number of thiol groups is 1.